The van der Waals surface area contributed by atoms with Gasteiger partial charge in [-0.15, -0.1) is 0 Å². The summed E-state index contributed by atoms with van der Waals surface area (Å²) >= 11 is 0. The molecule has 4 fully saturated rings. The molecule has 2 heterocycles. The lowest BCUT2D eigenvalue weighted by molar-refractivity contribution is -0.0368. The zero-order valence-corrected chi connectivity index (χ0v) is 15.7. The third-order valence-corrected chi connectivity index (χ3v) is 7.91. The second kappa shape index (κ2) is 5.44. The van der Waals surface area contributed by atoms with E-state index in [4.69, 9.17) is 5.73 Å². The molecule has 0 aromatic heterocycles. The number of fused-ring (bicyclic) bond motifs is 3. The van der Waals surface area contributed by atoms with Gasteiger partial charge in [-0.25, -0.2) is 0 Å². The van der Waals surface area contributed by atoms with Crippen LogP contribution in [0.2, 0.25) is 0 Å². The summed E-state index contributed by atoms with van der Waals surface area (Å²) in [6.45, 7) is 13.8. The van der Waals surface area contributed by atoms with E-state index in [0.29, 0.717) is 5.41 Å². The van der Waals surface area contributed by atoms with E-state index in [1.807, 2.05) is 0 Å². The van der Waals surface area contributed by atoms with E-state index in [-0.39, 0.29) is 5.54 Å². The average molecular weight is 320 g/mol. The van der Waals surface area contributed by atoms with Crippen LogP contribution < -0.4 is 5.73 Å². The Bertz CT molecular complexity index is 466. The molecular weight excluding hydrogens is 282 g/mol. The summed E-state index contributed by atoms with van der Waals surface area (Å²) in [4.78, 5) is 5.32. The van der Waals surface area contributed by atoms with Crippen LogP contribution in [-0.2, 0) is 0 Å². The van der Waals surface area contributed by atoms with Crippen LogP contribution in [0.15, 0.2) is 0 Å². The lowest BCUT2D eigenvalue weighted by Crippen LogP contribution is -2.53. The zero-order chi connectivity index (χ0) is 16.4. The van der Waals surface area contributed by atoms with Gasteiger partial charge in [0.15, 0.2) is 0 Å². The molecule has 132 valence electrons. The third-order valence-electron chi connectivity index (χ3n) is 7.91. The highest BCUT2D eigenvalue weighted by molar-refractivity contribution is 5.07. The van der Waals surface area contributed by atoms with E-state index in [9.17, 15) is 0 Å². The van der Waals surface area contributed by atoms with Gasteiger partial charge in [0, 0.05) is 38.3 Å². The number of nitrogens with two attached hydrogens (primary N) is 1. The third kappa shape index (κ3) is 2.87. The molecule has 2 aliphatic heterocycles. The van der Waals surface area contributed by atoms with Crippen LogP contribution in [0.4, 0.5) is 0 Å². The highest BCUT2D eigenvalue weighted by atomic mass is 15.2. The molecule has 0 radical (unpaired) electrons. The van der Waals surface area contributed by atoms with E-state index < -0.39 is 0 Å². The summed E-state index contributed by atoms with van der Waals surface area (Å²) in [7, 11) is 2.32. The number of hydrogen-bond acceptors (Lipinski definition) is 3. The van der Waals surface area contributed by atoms with Crippen molar-refractivity contribution in [2.45, 2.75) is 52.0 Å². The first-order chi connectivity index (χ1) is 10.8. The topological polar surface area (TPSA) is 32.5 Å². The van der Waals surface area contributed by atoms with Crippen molar-refractivity contribution in [1.82, 2.24) is 9.80 Å². The Labute approximate surface area is 143 Å². The number of nitrogens with zero attached hydrogens (tertiary/aromatic N) is 2. The van der Waals surface area contributed by atoms with E-state index in [1.165, 1.54) is 51.9 Å². The molecular formula is C20H37N3. The molecule has 2 bridgehead atoms. The van der Waals surface area contributed by atoms with Crippen molar-refractivity contribution < 1.29 is 0 Å². The first-order valence-corrected chi connectivity index (χ1v) is 9.96. The lowest BCUT2D eigenvalue weighted by atomic mass is 9.59. The smallest absolute Gasteiger partial charge is 0.0326 e. The van der Waals surface area contributed by atoms with Gasteiger partial charge in [0.25, 0.3) is 0 Å². The first-order valence-electron chi connectivity index (χ1n) is 9.96. The van der Waals surface area contributed by atoms with Crippen molar-refractivity contribution in [1.29, 1.82) is 0 Å². The number of likely N-dealkylation sites (tertiary alicyclic amines) is 2. The van der Waals surface area contributed by atoms with Crippen LogP contribution in [0, 0.1) is 35.0 Å². The van der Waals surface area contributed by atoms with Gasteiger partial charge >= 0.3 is 0 Å². The van der Waals surface area contributed by atoms with Gasteiger partial charge in [0.2, 0.25) is 0 Å². The maximum Gasteiger partial charge on any atom is 0.0326 e. The number of piperidine rings is 1. The largest absolute Gasteiger partial charge is 0.324 e. The Morgan fingerprint density at radius 3 is 2.61 bits per heavy atom. The molecule has 3 nitrogen and oxygen atoms in total. The van der Waals surface area contributed by atoms with Crippen LogP contribution in [0.3, 0.4) is 0 Å². The maximum atomic E-state index is 6.77. The summed E-state index contributed by atoms with van der Waals surface area (Å²) in [5, 5.41) is 0. The standard InChI is InChI=1S/C20H37N3/c1-14-5-18-11-23(13-20(18,21)6-14)10-17-8-19(3)7-16(15(17)2)9-22(4)12-19/h14-18H,5-13,21H2,1-4H3. The number of hydrogen-bond donors (Lipinski definition) is 1. The number of rotatable bonds is 2. The van der Waals surface area contributed by atoms with E-state index >= 15 is 0 Å². The van der Waals surface area contributed by atoms with Gasteiger partial charge in [-0.3, -0.25) is 0 Å². The Balaban J connectivity index is 1.42. The molecule has 7 unspecified atom stereocenters. The molecule has 0 aromatic rings. The van der Waals surface area contributed by atoms with Gasteiger partial charge in [0.1, 0.15) is 0 Å². The van der Waals surface area contributed by atoms with Gasteiger partial charge < -0.3 is 15.5 Å². The predicted octanol–water partition coefficient (Wildman–Crippen LogP) is 2.66. The lowest BCUT2D eigenvalue weighted by Gasteiger charge is -2.53. The van der Waals surface area contributed by atoms with Gasteiger partial charge in [-0.1, -0.05) is 20.8 Å². The van der Waals surface area contributed by atoms with Crippen LogP contribution >= 0.6 is 0 Å². The average Bonchev–Trinajstić information content (AvgIpc) is 2.83. The monoisotopic (exact) mass is 319 g/mol. The molecule has 0 spiro atoms. The first kappa shape index (κ1) is 16.4. The van der Waals surface area contributed by atoms with Crippen LogP contribution in [0.1, 0.15) is 46.5 Å². The molecule has 7 atom stereocenters. The minimum absolute atomic E-state index is 0.136. The van der Waals surface area contributed by atoms with E-state index in [0.717, 1.165) is 36.1 Å². The minimum atomic E-state index is 0.136. The highest BCUT2D eigenvalue weighted by Gasteiger charge is 2.51. The summed E-state index contributed by atoms with van der Waals surface area (Å²) in [5.74, 6) is 4.27. The van der Waals surface area contributed by atoms with Gasteiger partial charge in [-0.2, -0.15) is 0 Å². The Hall–Kier alpha value is -0.120. The molecule has 23 heavy (non-hydrogen) atoms. The SMILES string of the molecule is CC1CC2CN(CC3CC4(C)CC(CN(C)C4)C3C)CC2(N)C1. The van der Waals surface area contributed by atoms with Crippen molar-refractivity contribution in [2.75, 3.05) is 39.8 Å². The van der Waals surface area contributed by atoms with Crippen molar-refractivity contribution in [3.63, 3.8) is 0 Å². The zero-order valence-electron chi connectivity index (χ0n) is 15.7. The van der Waals surface area contributed by atoms with Crippen LogP contribution in [0.5, 0.6) is 0 Å². The summed E-state index contributed by atoms with van der Waals surface area (Å²) < 4.78 is 0. The van der Waals surface area contributed by atoms with Gasteiger partial charge in [-0.05, 0) is 67.7 Å². The summed E-state index contributed by atoms with van der Waals surface area (Å²) in [6, 6.07) is 0. The Kier molecular flexibility index (Phi) is 3.87. The summed E-state index contributed by atoms with van der Waals surface area (Å²) in [6.07, 6.45) is 5.48. The highest BCUT2D eigenvalue weighted by Crippen LogP contribution is 2.50. The molecule has 3 heteroatoms. The maximum absolute atomic E-state index is 6.77. The van der Waals surface area contributed by atoms with Crippen molar-refractivity contribution in [2.24, 2.45) is 40.7 Å². The molecule has 0 aromatic carbocycles. The molecule has 0 amide bonds. The molecule has 4 rings (SSSR count). The molecule has 2 N–H and O–H groups in total. The van der Waals surface area contributed by atoms with Crippen molar-refractivity contribution in [3.05, 3.63) is 0 Å². The fourth-order valence-electron chi connectivity index (χ4n) is 7.15. The second-order valence-electron chi connectivity index (χ2n) is 10.5. The van der Waals surface area contributed by atoms with Crippen molar-refractivity contribution >= 4 is 0 Å². The fourth-order valence-corrected chi connectivity index (χ4v) is 7.15. The normalized spacial score (nSPS) is 54.4. The summed E-state index contributed by atoms with van der Waals surface area (Å²) in [5.41, 5.74) is 7.46. The Morgan fingerprint density at radius 2 is 1.87 bits per heavy atom. The second-order valence-corrected chi connectivity index (χ2v) is 10.5. The molecule has 4 aliphatic rings. The van der Waals surface area contributed by atoms with Gasteiger partial charge in [0.05, 0.1) is 0 Å². The quantitative estimate of drug-likeness (QED) is 0.849. The minimum Gasteiger partial charge on any atom is -0.324 e. The Morgan fingerprint density at radius 1 is 1.09 bits per heavy atom. The fraction of sp³-hybridized carbons (Fsp3) is 1.00. The van der Waals surface area contributed by atoms with Crippen LogP contribution in [0.25, 0.3) is 0 Å². The van der Waals surface area contributed by atoms with E-state index in [2.05, 4.69) is 37.6 Å². The molecule has 2 saturated carbocycles. The van der Waals surface area contributed by atoms with Crippen molar-refractivity contribution in [3.8, 4) is 0 Å². The molecule has 2 aliphatic carbocycles. The molecule has 2 saturated heterocycles. The van der Waals surface area contributed by atoms with E-state index in [1.54, 1.807) is 0 Å². The predicted molar refractivity (Wildman–Crippen MR) is 96.2 cm³/mol. The van der Waals surface area contributed by atoms with Crippen LogP contribution in [-0.4, -0.2) is 55.1 Å².